The number of nitrogens with one attached hydrogen (secondary N) is 1. The Morgan fingerprint density at radius 1 is 1.05 bits per heavy atom. The van der Waals surface area contributed by atoms with Gasteiger partial charge in [-0.05, 0) is 12.8 Å². The molecule has 1 N–H and O–H groups in total. The van der Waals surface area contributed by atoms with Crippen LogP contribution in [0.3, 0.4) is 0 Å². The van der Waals surface area contributed by atoms with Crippen molar-refractivity contribution in [2.24, 2.45) is 0 Å². The Labute approximate surface area is 118 Å². The van der Waals surface area contributed by atoms with E-state index in [-0.39, 0.29) is 6.54 Å². The second-order valence-electron chi connectivity index (χ2n) is 3.85. The van der Waals surface area contributed by atoms with E-state index in [1.807, 2.05) is 0 Å². The lowest BCUT2D eigenvalue weighted by Crippen LogP contribution is -2.26. The van der Waals surface area contributed by atoms with Crippen LogP contribution in [0.15, 0.2) is 17.0 Å². The van der Waals surface area contributed by atoms with Gasteiger partial charge in [0.05, 0.1) is 0 Å². The first-order chi connectivity index (χ1) is 8.88. The molecule has 0 unspecified atom stereocenters. The van der Waals surface area contributed by atoms with Crippen LogP contribution in [0.25, 0.3) is 0 Å². The summed E-state index contributed by atoms with van der Waals surface area (Å²) in [6.45, 7) is 0.0750. The van der Waals surface area contributed by atoms with Crippen molar-refractivity contribution in [1.82, 2.24) is 4.72 Å². The summed E-state index contributed by atoms with van der Waals surface area (Å²) in [6.07, 6.45) is 2.21. The zero-order valence-corrected chi connectivity index (χ0v) is 12.3. The summed E-state index contributed by atoms with van der Waals surface area (Å²) in [5.74, 6) is -4.04. The molecular formula is C11H13BrF3NO2S. The van der Waals surface area contributed by atoms with Gasteiger partial charge in [-0.1, -0.05) is 22.4 Å². The van der Waals surface area contributed by atoms with Crippen molar-refractivity contribution in [3.05, 3.63) is 29.6 Å². The van der Waals surface area contributed by atoms with Crippen molar-refractivity contribution in [2.75, 3.05) is 11.9 Å². The highest BCUT2D eigenvalue weighted by atomic mass is 79.9. The second kappa shape index (κ2) is 7.25. The smallest absolute Gasteiger partial charge is 0.211 e. The molecule has 1 rings (SSSR count). The van der Waals surface area contributed by atoms with Crippen LogP contribution in [0.4, 0.5) is 13.2 Å². The maximum absolute atomic E-state index is 13.3. The van der Waals surface area contributed by atoms with Gasteiger partial charge in [-0.2, -0.15) is 0 Å². The largest absolute Gasteiger partial charge is 0.246 e. The fourth-order valence-corrected chi connectivity index (χ4v) is 3.05. The normalized spacial score (nSPS) is 11.8. The number of benzene rings is 1. The Balaban J connectivity index is 2.78. The van der Waals surface area contributed by atoms with Gasteiger partial charge in [0, 0.05) is 24.0 Å². The summed E-state index contributed by atoms with van der Waals surface area (Å²) in [5.41, 5.74) is 0. The molecule has 3 nitrogen and oxygen atoms in total. The molecule has 8 heteroatoms. The molecule has 1 aromatic rings. The first kappa shape index (κ1) is 16.5. The van der Waals surface area contributed by atoms with E-state index in [9.17, 15) is 21.6 Å². The van der Waals surface area contributed by atoms with Crippen molar-refractivity contribution in [1.29, 1.82) is 0 Å². The van der Waals surface area contributed by atoms with Gasteiger partial charge in [0.15, 0.2) is 4.90 Å². The highest BCUT2D eigenvalue weighted by molar-refractivity contribution is 9.09. The van der Waals surface area contributed by atoms with Crippen molar-refractivity contribution in [3.8, 4) is 0 Å². The van der Waals surface area contributed by atoms with Crippen LogP contribution in [0, 0.1) is 17.5 Å². The monoisotopic (exact) mass is 359 g/mol. The van der Waals surface area contributed by atoms with E-state index in [0.29, 0.717) is 18.6 Å². The first-order valence-electron chi connectivity index (χ1n) is 5.58. The zero-order chi connectivity index (χ0) is 14.5. The fraction of sp³-hybridized carbons (Fsp3) is 0.455. The molecule has 0 bridgehead atoms. The third kappa shape index (κ3) is 4.77. The van der Waals surface area contributed by atoms with Crippen LogP contribution in [0.1, 0.15) is 19.3 Å². The number of rotatable bonds is 7. The number of alkyl halides is 1. The van der Waals surface area contributed by atoms with E-state index < -0.39 is 32.4 Å². The van der Waals surface area contributed by atoms with Crippen molar-refractivity contribution < 1.29 is 21.6 Å². The number of sulfonamides is 1. The molecule has 0 spiro atoms. The molecule has 0 aliphatic heterocycles. The molecule has 108 valence electrons. The lowest BCUT2D eigenvalue weighted by Gasteiger charge is -2.08. The minimum absolute atomic E-state index is 0.0750. The van der Waals surface area contributed by atoms with Gasteiger partial charge in [-0.3, -0.25) is 0 Å². The van der Waals surface area contributed by atoms with Crippen LogP contribution in [0.2, 0.25) is 0 Å². The van der Waals surface area contributed by atoms with E-state index in [1.54, 1.807) is 0 Å². The van der Waals surface area contributed by atoms with Gasteiger partial charge in [-0.15, -0.1) is 0 Å². The molecular weight excluding hydrogens is 347 g/mol. The summed E-state index contributed by atoms with van der Waals surface area (Å²) in [6, 6.07) is 0.672. The predicted octanol–water partition coefficient (Wildman–Crippen LogP) is 2.95. The van der Waals surface area contributed by atoms with Gasteiger partial charge >= 0.3 is 0 Å². The van der Waals surface area contributed by atoms with E-state index in [2.05, 4.69) is 20.7 Å². The Morgan fingerprint density at radius 2 is 1.63 bits per heavy atom. The lowest BCUT2D eigenvalue weighted by atomic mass is 10.3. The third-order valence-electron chi connectivity index (χ3n) is 2.33. The zero-order valence-electron chi connectivity index (χ0n) is 9.93. The van der Waals surface area contributed by atoms with Crippen LogP contribution in [-0.2, 0) is 10.0 Å². The van der Waals surface area contributed by atoms with E-state index in [4.69, 9.17) is 0 Å². The molecule has 0 aliphatic rings. The van der Waals surface area contributed by atoms with Crippen LogP contribution >= 0.6 is 15.9 Å². The minimum atomic E-state index is -4.30. The molecule has 0 heterocycles. The van der Waals surface area contributed by atoms with Crippen molar-refractivity contribution in [2.45, 2.75) is 24.2 Å². The SMILES string of the molecule is O=S(=O)(NCCCCCBr)c1c(F)cc(F)cc1F. The summed E-state index contributed by atoms with van der Waals surface area (Å²) >= 11 is 3.23. The average Bonchev–Trinajstić information content (AvgIpc) is 2.26. The Kier molecular flexibility index (Phi) is 6.28. The quantitative estimate of drug-likeness (QED) is 0.600. The molecule has 0 saturated heterocycles. The number of hydrogen-bond donors (Lipinski definition) is 1. The molecule has 0 aromatic heterocycles. The first-order valence-corrected chi connectivity index (χ1v) is 8.19. The Bertz CT molecular complexity index is 514. The average molecular weight is 360 g/mol. The Morgan fingerprint density at radius 3 is 2.16 bits per heavy atom. The summed E-state index contributed by atoms with van der Waals surface area (Å²) in [4.78, 5) is -1.14. The summed E-state index contributed by atoms with van der Waals surface area (Å²) < 4.78 is 64.8. The van der Waals surface area contributed by atoms with Crippen molar-refractivity contribution >= 4 is 26.0 Å². The summed E-state index contributed by atoms with van der Waals surface area (Å²) in [5, 5.41) is 0.807. The molecule has 0 atom stereocenters. The third-order valence-corrected chi connectivity index (χ3v) is 4.41. The summed E-state index contributed by atoms with van der Waals surface area (Å²) in [7, 11) is -4.30. The maximum Gasteiger partial charge on any atom is 0.246 e. The van der Waals surface area contributed by atoms with Gasteiger partial charge < -0.3 is 0 Å². The number of unbranched alkanes of at least 4 members (excludes halogenated alkanes) is 2. The standard InChI is InChI=1S/C11H13BrF3NO2S/c12-4-2-1-3-5-16-19(17,18)11-9(14)6-8(13)7-10(11)15/h6-7,16H,1-5H2. The molecule has 0 aliphatic carbocycles. The van der Waals surface area contributed by atoms with Crippen molar-refractivity contribution in [3.63, 3.8) is 0 Å². The molecule has 0 radical (unpaired) electrons. The highest BCUT2D eigenvalue weighted by Crippen LogP contribution is 2.19. The van der Waals surface area contributed by atoms with Crippen LogP contribution < -0.4 is 4.72 Å². The molecule has 0 amide bonds. The second-order valence-corrected chi connectivity index (χ2v) is 6.34. The Hall–Kier alpha value is -0.600. The molecule has 19 heavy (non-hydrogen) atoms. The predicted molar refractivity (Wildman–Crippen MR) is 69.1 cm³/mol. The van der Waals surface area contributed by atoms with Crippen LogP contribution in [-0.4, -0.2) is 20.3 Å². The van der Waals surface area contributed by atoms with Gasteiger partial charge in [-0.25, -0.2) is 26.3 Å². The van der Waals surface area contributed by atoms with Gasteiger partial charge in [0.2, 0.25) is 10.0 Å². The minimum Gasteiger partial charge on any atom is -0.211 e. The van der Waals surface area contributed by atoms with E-state index in [1.165, 1.54) is 0 Å². The van der Waals surface area contributed by atoms with E-state index >= 15 is 0 Å². The number of hydrogen-bond acceptors (Lipinski definition) is 2. The maximum atomic E-state index is 13.3. The van der Waals surface area contributed by atoms with E-state index in [0.717, 1.165) is 18.2 Å². The van der Waals surface area contributed by atoms with Gasteiger partial charge in [0.1, 0.15) is 17.5 Å². The molecule has 0 fully saturated rings. The molecule has 1 aromatic carbocycles. The highest BCUT2D eigenvalue weighted by Gasteiger charge is 2.24. The van der Waals surface area contributed by atoms with Gasteiger partial charge in [0.25, 0.3) is 0 Å². The topological polar surface area (TPSA) is 46.2 Å². The lowest BCUT2D eigenvalue weighted by molar-refractivity contribution is 0.493. The fourth-order valence-electron chi connectivity index (χ4n) is 1.46. The molecule has 0 saturated carbocycles. The van der Waals surface area contributed by atoms with Crippen LogP contribution in [0.5, 0.6) is 0 Å². The number of halogens is 4.